The van der Waals surface area contributed by atoms with Gasteiger partial charge in [0, 0.05) is 10.6 Å². The quantitative estimate of drug-likeness (QED) is 0.646. The van der Waals surface area contributed by atoms with E-state index < -0.39 is 11.9 Å². The highest BCUT2D eigenvalue weighted by Gasteiger charge is 2.18. The van der Waals surface area contributed by atoms with E-state index >= 15 is 0 Å². The van der Waals surface area contributed by atoms with Gasteiger partial charge in [-0.3, -0.25) is 11.3 Å². The molecule has 0 heterocycles. The standard InChI is InChI=1S/C12H18ClFN2O/c1-12(2,3)17-7-11(16-15)9-5-4-8(13)6-10(9)14/h4-6,11,16H,7,15H2,1-3H3. The van der Waals surface area contributed by atoms with Crippen molar-refractivity contribution < 1.29 is 9.13 Å². The van der Waals surface area contributed by atoms with Crippen LogP contribution >= 0.6 is 11.6 Å². The molecular formula is C12H18ClFN2O. The lowest BCUT2D eigenvalue weighted by atomic mass is 10.1. The number of hydrogen-bond acceptors (Lipinski definition) is 3. The molecule has 0 aromatic heterocycles. The van der Waals surface area contributed by atoms with Crippen LogP contribution in [0.4, 0.5) is 4.39 Å². The summed E-state index contributed by atoms with van der Waals surface area (Å²) in [5.74, 6) is 5.02. The van der Waals surface area contributed by atoms with Gasteiger partial charge in [0.2, 0.25) is 0 Å². The Bertz CT molecular complexity index is 379. The highest BCUT2D eigenvalue weighted by atomic mass is 35.5. The Hall–Kier alpha value is -0.680. The highest BCUT2D eigenvalue weighted by Crippen LogP contribution is 2.22. The first-order valence-corrected chi connectivity index (χ1v) is 5.76. The average Bonchev–Trinajstić information content (AvgIpc) is 2.19. The van der Waals surface area contributed by atoms with Crippen molar-refractivity contribution in [3.8, 4) is 0 Å². The number of benzene rings is 1. The molecule has 3 N–H and O–H groups in total. The molecule has 1 aromatic carbocycles. The Kier molecular flexibility index (Phi) is 4.89. The van der Waals surface area contributed by atoms with Gasteiger partial charge >= 0.3 is 0 Å². The van der Waals surface area contributed by atoms with Crippen molar-refractivity contribution in [1.82, 2.24) is 5.43 Å². The molecule has 3 nitrogen and oxygen atoms in total. The molecule has 0 bridgehead atoms. The summed E-state index contributed by atoms with van der Waals surface area (Å²) in [5.41, 5.74) is 2.69. The molecule has 0 fully saturated rings. The Labute approximate surface area is 106 Å². The third-order valence-corrected chi connectivity index (χ3v) is 2.46. The summed E-state index contributed by atoms with van der Waals surface area (Å²) in [6.07, 6.45) is 0. The van der Waals surface area contributed by atoms with Crippen LogP contribution in [-0.4, -0.2) is 12.2 Å². The van der Waals surface area contributed by atoms with Crippen molar-refractivity contribution in [2.24, 2.45) is 5.84 Å². The zero-order chi connectivity index (χ0) is 13.1. The van der Waals surface area contributed by atoms with Crippen LogP contribution in [0.1, 0.15) is 32.4 Å². The van der Waals surface area contributed by atoms with E-state index in [1.807, 2.05) is 20.8 Å². The molecule has 1 aromatic rings. The van der Waals surface area contributed by atoms with Gasteiger partial charge in [0.05, 0.1) is 18.2 Å². The van der Waals surface area contributed by atoms with Crippen LogP contribution in [0.25, 0.3) is 0 Å². The number of nitrogens with one attached hydrogen (secondary N) is 1. The molecule has 0 saturated carbocycles. The third kappa shape index (κ3) is 4.60. The number of nitrogens with two attached hydrogens (primary N) is 1. The van der Waals surface area contributed by atoms with Gasteiger partial charge in [-0.15, -0.1) is 0 Å². The summed E-state index contributed by atoms with van der Waals surface area (Å²) < 4.78 is 19.3. The summed E-state index contributed by atoms with van der Waals surface area (Å²) >= 11 is 5.69. The molecule has 96 valence electrons. The third-order valence-electron chi connectivity index (χ3n) is 2.22. The SMILES string of the molecule is CC(C)(C)OCC(NN)c1ccc(Cl)cc1F. The van der Waals surface area contributed by atoms with Gasteiger partial charge in [-0.2, -0.15) is 0 Å². The molecule has 0 aliphatic heterocycles. The van der Waals surface area contributed by atoms with E-state index in [0.717, 1.165) is 0 Å². The van der Waals surface area contributed by atoms with Crippen molar-refractivity contribution in [3.05, 3.63) is 34.6 Å². The largest absolute Gasteiger partial charge is 0.374 e. The lowest BCUT2D eigenvalue weighted by Crippen LogP contribution is -2.34. The van der Waals surface area contributed by atoms with Crippen LogP contribution in [0.15, 0.2) is 18.2 Å². The first-order valence-electron chi connectivity index (χ1n) is 5.38. The van der Waals surface area contributed by atoms with Gasteiger partial charge in [0.25, 0.3) is 0 Å². The van der Waals surface area contributed by atoms with Gasteiger partial charge in [0.1, 0.15) is 5.82 Å². The summed E-state index contributed by atoms with van der Waals surface area (Å²) in [6.45, 7) is 6.08. The van der Waals surface area contributed by atoms with Crippen molar-refractivity contribution in [1.29, 1.82) is 0 Å². The summed E-state index contributed by atoms with van der Waals surface area (Å²) in [6, 6.07) is 4.10. The molecule has 17 heavy (non-hydrogen) atoms. The maximum Gasteiger partial charge on any atom is 0.129 e. The smallest absolute Gasteiger partial charge is 0.129 e. The number of hydrogen-bond donors (Lipinski definition) is 2. The minimum atomic E-state index is -0.397. The zero-order valence-corrected chi connectivity index (χ0v) is 11.0. The lowest BCUT2D eigenvalue weighted by molar-refractivity contribution is -0.0152. The molecule has 0 aliphatic rings. The highest BCUT2D eigenvalue weighted by molar-refractivity contribution is 6.30. The molecular weight excluding hydrogens is 243 g/mol. The fraction of sp³-hybridized carbons (Fsp3) is 0.500. The van der Waals surface area contributed by atoms with Crippen LogP contribution in [0.2, 0.25) is 5.02 Å². The molecule has 5 heteroatoms. The van der Waals surface area contributed by atoms with Gasteiger partial charge in [0.15, 0.2) is 0 Å². The molecule has 1 atom stereocenters. The van der Waals surface area contributed by atoms with E-state index in [1.165, 1.54) is 6.07 Å². The first-order chi connectivity index (χ1) is 7.83. The molecule has 1 unspecified atom stereocenters. The normalized spacial score (nSPS) is 13.8. The Morgan fingerprint density at radius 2 is 2.12 bits per heavy atom. The van der Waals surface area contributed by atoms with E-state index in [2.05, 4.69) is 5.43 Å². The van der Waals surface area contributed by atoms with Gasteiger partial charge in [-0.05, 0) is 32.9 Å². The minimum absolute atomic E-state index is 0.290. The second-order valence-electron chi connectivity index (χ2n) is 4.81. The van der Waals surface area contributed by atoms with Crippen LogP contribution in [0.3, 0.4) is 0 Å². The fourth-order valence-electron chi connectivity index (χ4n) is 1.35. The Balaban J connectivity index is 2.79. The number of ether oxygens (including phenoxy) is 1. The number of halogens is 2. The van der Waals surface area contributed by atoms with E-state index in [-0.39, 0.29) is 5.60 Å². The fourth-order valence-corrected chi connectivity index (χ4v) is 1.50. The summed E-state index contributed by atoms with van der Waals surface area (Å²) in [7, 11) is 0. The second-order valence-corrected chi connectivity index (χ2v) is 5.24. The van der Waals surface area contributed by atoms with Crippen molar-refractivity contribution in [2.75, 3.05) is 6.61 Å². The molecule has 0 spiro atoms. The van der Waals surface area contributed by atoms with Crippen LogP contribution < -0.4 is 11.3 Å². The van der Waals surface area contributed by atoms with E-state index in [1.54, 1.807) is 12.1 Å². The number of rotatable bonds is 4. The first kappa shape index (κ1) is 14.4. The van der Waals surface area contributed by atoms with E-state index in [9.17, 15) is 4.39 Å². The lowest BCUT2D eigenvalue weighted by Gasteiger charge is -2.24. The predicted octanol–water partition coefficient (Wildman–Crippen LogP) is 2.80. The van der Waals surface area contributed by atoms with E-state index in [4.69, 9.17) is 22.2 Å². The molecule has 0 radical (unpaired) electrons. The summed E-state index contributed by atoms with van der Waals surface area (Å²) in [4.78, 5) is 0. The average molecular weight is 261 g/mol. The topological polar surface area (TPSA) is 47.3 Å². The Morgan fingerprint density at radius 3 is 2.59 bits per heavy atom. The van der Waals surface area contributed by atoms with Crippen LogP contribution in [0, 0.1) is 5.82 Å². The van der Waals surface area contributed by atoms with Crippen molar-refractivity contribution >= 4 is 11.6 Å². The van der Waals surface area contributed by atoms with Crippen LogP contribution in [-0.2, 0) is 4.74 Å². The number of hydrazine groups is 1. The maximum absolute atomic E-state index is 13.7. The minimum Gasteiger partial charge on any atom is -0.374 e. The molecule has 0 amide bonds. The molecule has 1 rings (SSSR count). The van der Waals surface area contributed by atoms with Gasteiger partial charge < -0.3 is 4.74 Å². The van der Waals surface area contributed by atoms with E-state index in [0.29, 0.717) is 17.2 Å². The van der Waals surface area contributed by atoms with Gasteiger partial charge in [-0.25, -0.2) is 4.39 Å². The maximum atomic E-state index is 13.7. The molecule has 0 saturated heterocycles. The van der Waals surface area contributed by atoms with Gasteiger partial charge in [-0.1, -0.05) is 17.7 Å². The zero-order valence-electron chi connectivity index (χ0n) is 10.3. The summed E-state index contributed by atoms with van der Waals surface area (Å²) in [5, 5.41) is 0.360. The van der Waals surface area contributed by atoms with Crippen LogP contribution in [0.5, 0.6) is 0 Å². The van der Waals surface area contributed by atoms with Crippen molar-refractivity contribution in [2.45, 2.75) is 32.4 Å². The second kappa shape index (κ2) is 5.78. The predicted molar refractivity (Wildman–Crippen MR) is 67.2 cm³/mol. The monoisotopic (exact) mass is 260 g/mol. The van der Waals surface area contributed by atoms with Crippen molar-refractivity contribution in [3.63, 3.8) is 0 Å². The Morgan fingerprint density at radius 1 is 1.47 bits per heavy atom. The molecule has 0 aliphatic carbocycles.